The zero-order valence-electron chi connectivity index (χ0n) is 12.8. The van der Waals surface area contributed by atoms with Gasteiger partial charge in [-0.2, -0.15) is 0 Å². The minimum absolute atomic E-state index is 0.540. The van der Waals surface area contributed by atoms with Crippen LogP contribution in [0.1, 0.15) is 72.6 Å². The summed E-state index contributed by atoms with van der Waals surface area (Å²) in [5.74, 6) is 2.13. The van der Waals surface area contributed by atoms with Crippen LogP contribution >= 0.6 is 0 Å². The van der Waals surface area contributed by atoms with Gasteiger partial charge in [0, 0.05) is 18.5 Å². The van der Waals surface area contributed by atoms with Gasteiger partial charge in [-0.25, -0.2) is 0 Å². The first kappa shape index (κ1) is 15.5. The first-order chi connectivity index (χ1) is 8.60. The van der Waals surface area contributed by atoms with E-state index in [2.05, 4.69) is 32.6 Å². The Bertz CT molecular complexity index is 237. The van der Waals surface area contributed by atoms with Crippen molar-refractivity contribution < 1.29 is 0 Å². The highest BCUT2D eigenvalue weighted by molar-refractivity contribution is 5.82. The topological polar surface area (TPSA) is 27.1 Å². The maximum absolute atomic E-state index is 8.60. The normalized spacial score (nSPS) is 17.4. The second-order valence-corrected chi connectivity index (χ2v) is 6.24. The van der Waals surface area contributed by atoms with E-state index in [-0.39, 0.29) is 0 Å². The number of hydrogen-bond acceptors (Lipinski definition) is 1. The molecule has 0 radical (unpaired) electrons. The Morgan fingerprint density at radius 1 is 1.11 bits per heavy atom. The molecular weight excluding hydrogens is 220 g/mol. The highest BCUT2D eigenvalue weighted by Crippen LogP contribution is 2.27. The minimum Gasteiger partial charge on any atom is -0.357 e. The van der Waals surface area contributed by atoms with Gasteiger partial charge in [0.1, 0.15) is 0 Å². The van der Waals surface area contributed by atoms with Gasteiger partial charge in [0.15, 0.2) is 0 Å². The SMILES string of the molecule is CCC(CC)N(CC(C)C)C(=N)C1CCCCC1. The lowest BCUT2D eigenvalue weighted by Gasteiger charge is -2.38. The molecule has 0 spiro atoms. The Morgan fingerprint density at radius 2 is 1.67 bits per heavy atom. The third-order valence-corrected chi connectivity index (χ3v) is 4.25. The molecule has 0 bridgehead atoms. The summed E-state index contributed by atoms with van der Waals surface area (Å²) in [5.41, 5.74) is 0. The summed E-state index contributed by atoms with van der Waals surface area (Å²) in [6.07, 6.45) is 8.84. The molecule has 0 saturated heterocycles. The number of hydrogen-bond donors (Lipinski definition) is 1. The number of rotatable bonds is 6. The summed E-state index contributed by atoms with van der Waals surface area (Å²) in [7, 11) is 0. The van der Waals surface area contributed by atoms with Gasteiger partial charge < -0.3 is 4.90 Å². The van der Waals surface area contributed by atoms with Gasteiger partial charge in [-0.3, -0.25) is 5.41 Å². The molecule has 1 fully saturated rings. The molecule has 1 N–H and O–H groups in total. The van der Waals surface area contributed by atoms with Crippen LogP contribution in [0.15, 0.2) is 0 Å². The lowest BCUT2D eigenvalue weighted by Crippen LogP contribution is -2.45. The van der Waals surface area contributed by atoms with Gasteiger partial charge in [-0.15, -0.1) is 0 Å². The van der Waals surface area contributed by atoms with E-state index in [0.29, 0.717) is 17.9 Å². The van der Waals surface area contributed by atoms with Crippen molar-refractivity contribution in [3.63, 3.8) is 0 Å². The van der Waals surface area contributed by atoms with Crippen molar-refractivity contribution in [3.05, 3.63) is 0 Å². The summed E-state index contributed by atoms with van der Waals surface area (Å²) in [4.78, 5) is 2.42. The van der Waals surface area contributed by atoms with E-state index in [4.69, 9.17) is 5.41 Å². The van der Waals surface area contributed by atoms with Crippen molar-refractivity contribution in [2.45, 2.75) is 78.7 Å². The molecule has 0 aromatic carbocycles. The van der Waals surface area contributed by atoms with Crippen LogP contribution in [0.4, 0.5) is 0 Å². The molecule has 0 atom stereocenters. The maximum Gasteiger partial charge on any atom is 0.0992 e. The van der Waals surface area contributed by atoms with Crippen LogP contribution in [0.3, 0.4) is 0 Å². The van der Waals surface area contributed by atoms with E-state index in [1.807, 2.05) is 0 Å². The van der Waals surface area contributed by atoms with Crippen LogP contribution in [0.5, 0.6) is 0 Å². The smallest absolute Gasteiger partial charge is 0.0992 e. The van der Waals surface area contributed by atoms with Gasteiger partial charge in [0.25, 0.3) is 0 Å². The average Bonchev–Trinajstić information content (AvgIpc) is 2.38. The molecule has 0 unspecified atom stereocenters. The third-order valence-electron chi connectivity index (χ3n) is 4.25. The lowest BCUT2D eigenvalue weighted by molar-refractivity contribution is 0.244. The lowest BCUT2D eigenvalue weighted by atomic mass is 9.87. The second-order valence-electron chi connectivity index (χ2n) is 6.24. The highest BCUT2D eigenvalue weighted by Gasteiger charge is 2.26. The minimum atomic E-state index is 0.540. The highest BCUT2D eigenvalue weighted by atomic mass is 15.2. The van der Waals surface area contributed by atoms with E-state index >= 15 is 0 Å². The van der Waals surface area contributed by atoms with Crippen molar-refractivity contribution >= 4 is 5.84 Å². The van der Waals surface area contributed by atoms with Crippen LogP contribution in [0.2, 0.25) is 0 Å². The summed E-state index contributed by atoms with van der Waals surface area (Å²) >= 11 is 0. The predicted molar refractivity (Wildman–Crippen MR) is 80.2 cm³/mol. The fourth-order valence-corrected chi connectivity index (χ4v) is 3.18. The van der Waals surface area contributed by atoms with Gasteiger partial charge in [-0.1, -0.05) is 47.0 Å². The van der Waals surface area contributed by atoms with Gasteiger partial charge in [0.2, 0.25) is 0 Å². The molecule has 2 heteroatoms. The first-order valence-electron chi connectivity index (χ1n) is 7.95. The molecule has 0 aliphatic heterocycles. The number of nitrogens with zero attached hydrogens (tertiary/aromatic N) is 1. The quantitative estimate of drug-likeness (QED) is 0.539. The molecule has 18 heavy (non-hydrogen) atoms. The maximum atomic E-state index is 8.60. The van der Waals surface area contributed by atoms with E-state index in [9.17, 15) is 0 Å². The molecular formula is C16H32N2. The first-order valence-corrected chi connectivity index (χ1v) is 7.95. The van der Waals surface area contributed by atoms with Crippen LogP contribution < -0.4 is 0 Å². The Morgan fingerprint density at radius 3 is 2.11 bits per heavy atom. The van der Waals surface area contributed by atoms with Crippen LogP contribution in [-0.4, -0.2) is 23.3 Å². The molecule has 0 aromatic rings. The van der Waals surface area contributed by atoms with Crippen molar-refractivity contribution in [2.24, 2.45) is 11.8 Å². The van der Waals surface area contributed by atoms with E-state index in [1.54, 1.807) is 0 Å². The average molecular weight is 252 g/mol. The molecule has 1 rings (SSSR count). The molecule has 1 saturated carbocycles. The van der Waals surface area contributed by atoms with Crippen LogP contribution in [0, 0.1) is 17.2 Å². The molecule has 0 heterocycles. The molecule has 2 nitrogen and oxygen atoms in total. The Balaban J connectivity index is 2.70. The summed E-state index contributed by atoms with van der Waals surface area (Å²) in [5, 5.41) is 8.60. The fourth-order valence-electron chi connectivity index (χ4n) is 3.18. The van der Waals surface area contributed by atoms with Crippen molar-refractivity contribution in [3.8, 4) is 0 Å². The molecule has 1 aliphatic rings. The predicted octanol–water partition coefficient (Wildman–Crippen LogP) is 4.69. The fraction of sp³-hybridized carbons (Fsp3) is 0.938. The zero-order chi connectivity index (χ0) is 13.5. The van der Waals surface area contributed by atoms with E-state index in [1.165, 1.54) is 44.9 Å². The number of nitrogens with one attached hydrogen (secondary N) is 1. The monoisotopic (exact) mass is 252 g/mol. The van der Waals surface area contributed by atoms with Gasteiger partial charge >= 0.3 is 0 Å². The van der Waals surface area contributed by atoms with Crippen molar-refractivity contribution in [2.75, 3.05) is 6.54 Å². The molecule has 0 amide bonds. The Kier molecular flexibility index (Phi) is 6.73. The molecule has 106 valence electrons. The standard InChI is InChI=1S/C16H32N2/c1-5-15(6-2)18(12-13(3)4)16(17)14-10-8-7-9-11-14/h13-15,17H,5-12H2,1-4H3. The van der Waals surface area contributed by atoms with Gasteiger partial charge in [0.05, 0.1) is 5.84 Å². The van der Waals surface area contributed by atoms with E-state index in [0.717, 1.165) is 12.4 Å². The molecule has 0 aromatic heterocycles. The van der Waals surface area contributed by atoms with Gasteiger partial charge in [-0.05, 0) is 31.6 Å². The third kappa shape index (κ3) is 4.29. The largest absolute Gasteiger partial charge is 0.357 e. The summed E-state index contributed by atoms with van der Waals surface area (Å²) < 4.78 is 0. The second kappa shape index (κ2) is 7.81. The summed E-state index contributed by atoms with van der Waals surface area (Å²) in [6.45, 7) is 10.1. The number of amidine groups is 1. The van der Waals surface area contributed by atoms with E-state index < -0.39 is 0 Å². The van der Waals surface area contributed by atoms with Crippen LogP contribution in [0.25, 0.3) is 0 Å². The Hall–Kier alpha value is -0.530. The van der Waals surface area contributed by atoms with Crippen molar-refractivity contribution in [1.29, 1.82) is 5.41 Å². The van der Waals surface area contributed by atoms with Crippen LogP contribution in [-0.2, 0) is 0 Å². The summed E-state index contributed by atoms with van der Waals surface area (Å²) in [6, 6.07) is 0.571. The van der Waals surface area contributed by atoms with Crippen molar-refractivity contribution in [1.82, 2.24) is 4.90 Å². The zero-order valence-corrected chi connectivity index (χ0v) is 12.8. The Labute approximate surface area is 114 Å². The molecule has 1 aliphatic carbocycles.